The van der Waals surface area contributed by atoms with E-state index in [-0.39, 0.29) is 90.6 Å². The second-order valence-corrected chi connectivity index (χ2v) is 33.4. The number of hydrogen-bond acceptors (Lipinski definition) is 8. The molecule has 0 aliphatic heterocycles. The Morgan fingerprint density at radius 3 is 0.395 bits per heavy atom. The summed E-state index contributed by atoms with van der Waals surface area (Å²) < 4.78 is 0. The van der Waals surface area contributed by atoms with Crippen LogP contribution < -0.4 is 10.2 Å². The van der Waals surface area contributed by atoms with Crippen LogP contribution in [0, 0.1) is 79.9 Å². The smallest absolute Gasteiger partial charge is 0.879 e. The van der Waals surface area contributed by atoms with Gasteiger partial charge in [-0.2, -0.15) is 10.8 Å². The Morgan fingerprint density at radius 2 is 0.355 bits per heavy atom. The van der Waals surface area contributed by atoms with Crippen molar-refractivity contribution in [1.29, 1.82) is 0 Å². The maximum atomic E-state index is 10.4. The molecule has 0 spiro atoms. The normalized spacial score (nSPS) is 12.3. The maximum absolute atomic E-state index is 10.4. The van der Waals surface area contributed by atoms with Crippen molar-refractivity contribution < 1.29 is 90.1 Å². The van der Waals surface area contributed by atoms with Gasteiger partial charge in [-0.05, 0) is 114 Å². The molecule has 0 bridgehead atoms. The molecule has 14 nitrogen and oxygen atoms in total. The first-order valence-corrected chi connectivity index (χ1v) is 34.3. The van der Waals surface area contributed by atoms with Crippen LogP contribution in [-0.4, -0.2) is 124 Å². The Bertz CT molecular complexity index is 1300. The van der Waals surface area contributed by atoms with Gasteiger partial charge in [0.05, 0.1) is 16.1 Å². The van der Waals surface area contributed by atoms with E-state index in [4.69, 9.17) is 0 Å². The number of rotatable bonds is 14. The van der Waals surface area contributed by atoms with Crippen molar-refractivity contribution in [2.24, 2.45) is 30.0 Å². The first kappa shape index (κ1) is 97.2. The van der Waals surface area contributed by atoms with Crippen LogP contribution in [0.25, 0.3) is 31.9 Å². The average molecular weight is 1540 g/mol. The monoisotopic (exact) mass is 1540 g/mol. The molecule has 0 heterocycles. The fraction of sp³-hybridized carbons (Fsp3) is 0.828. The second kappa shape index (κ2) is 57.2. The number of hydrogen-bond donors (Lipinski definition) is 0. The molecule has 18 heteroatoms. The van der Waals surface area contributed by atoms with Gasteiger partial charge in [0, 0.05) is 0 Å². The van der Waals surface area contributed by atoms with Crippen molar-refractivity contribution in [3.63, 3.8) is 0 Å². The fourth-order valence-electron chi connectivity index (χ4n) is 4.68. The van der Waals surface area contributed by atoms with Gasteiger partial charge in [-0.3, -0.25) is 0 Å². The summed E-state index contributed by atoms with van der Waals surface area (Å²) in [4.78, 5) is 25.6. The van der Waals surface area contributed by atoms with Crippen LogP contribution in [0.1, 0.15) is 208 Å². The van der Waals surface area contributed by atoms with E-state index >= 15 is 0 Å². The Balaban J connectivity index is -0.0000000818. The van der Waals surface area contributed by atoms with E-state index in [1.807, 2.05) is 80.8 Å². The first-order valence-electron chi connectivity index (χ1n) is 27.3. The van der Waals surface area contributed by atoms with Crippen LogP contribution >= 0.6 is 0 Å². The molecule has 76 heavy (non-hydrogen) atoms. The molecule has 0 aromatic rings. The summed E-state index contributed by atoms with van der Waals surface area (Å²) in [5.74, 6) is 5.44. The van der Waals surface area contributed by atoms with Crippen molar-refractivity contribution in [1.82, 2.24) is 0 Å². The molecule has 0 amide bonds. The van der Waals surface area contributed by atoms with Crippen molar-refractivity contribution in [2.45, 2.75) is 319 Å². The van der Waals surface area contributed by atoms with E-state index in [9.17, 15) is 10.2 Å². The van der Waals surface area contributed by atoms with Crippen LogP contribution in [0.3, 0.4) is 0 Å². The van der Waals surface area contributed by atoms with Crippen molar-refractivity contribution in [3.8, 4) is 0 Å². The van der Waals surface area contributed by atoms with Gasteiger partial charge < -0.3 is 72.1 Å². The van der Waals surface area contributed by atoms with Crippen LogP contribution in [0.5, 0.6) is 0 Å². The predicted octanol–water partition coefficient (Wildman–Crippen LogP) is 17.0. The van der Waals surface area contributed by atoms with Gasteiger partial charge in [0.25, 0.3) is 0 Å². The molecule has 444 valence electrons. The molecule has 0 aliphatic rings. The maximum Gasteiger partial charge on any atom is 4.00 e. The molecule has 0 atom stereocenters. The molecule has 0 fully saturated rings. The third kappa shape index (κ3) is 109. The van der Waals surface area contributed by atoms with Crippen molar-refractivity contribution in [2.75, 3.05) is 0 Å². The largest absolute Gasteiger partial charge is 4.00 e. The Labute approximate surface area is 541 Å². The molecule has 0 saturated heterocycles. The molecule has 0 aromatic heterocycles. The standard InChI is InChI=1S/6C8H17N2.2C5H12OSi.2Th/c6*1-6(2)9-8(5)10-7(3)4;2*1-5(6)7(2,3)4;;/h6*6-7H,1-5H3;2*6H,1H2,2-4H3;;/q6*-1;;;2*+4/p-2. The summed E-state index contributed by atoms with van der Waals surface area (Å²) in [5.41, 5.74) is 0. The molecule has 0 rings (SSSR count). The van der Waals surface area contributed by atoms with Crippen LogP contribution in [0.2, 0.25) is 39.3 Å². The van der Waals surface area contributed by atoms with Gasteiger partial charge in [0.2, 0.25) is 0 Å². The average Bonchev–Trinajstić information content (AvgIpc) is 3.08. The molecule has 0 N–H and O–H groups in total. The zero-order valence-electron chi connectivity index (χ0n) is 56.5. The van der Waals surface area contributed by atoms with Gasteiger partial charge in [-0.25, -0.2) is 0 Å². The van der Waals surface area contributed by atoms with Gasteiger partial charge in [0.15, 0.2) is 0 Å². The van der Waals surface area contributed by atoms with Crippen LogP contribution in [-0.2, 0) is 0 Å². The third-order valence-electron chi connectivity index (χ3n) is 7.01. The molecule has 0 radical (unpaired) electrons. The Morgan fingerprint density at radius 1 is 0.276 bits per heavy atom. The van der Waals surface area contributed by atoms with Gasteiger partial charge in [-0.1, -0.05) is 240 Å². The topological polar surface area (TPSA) is 205 Å². The van der Waals surface area contributed by atoms with Crippen LogP contribution in [0.4, 0.5) is 0 Å². The fourth-order valence-corrected chi connectivity index (χ4v) is 4.68. The summed E-state index contributed by atoms with van der Waals surface area (Å²) in [5, 5.41) is 46.7. The molecular formula is C58H124N12O2Si2Th2. The summed E-state index contributed by atoms with van der Waals surface area (Å²) in [6.07, 6.45) is 0. The number of amidine groups is 6. The minimum absolute atomic E-state index is 0. The van der Waals surface area contributed by atoms with E-state index in [0.717, 1.165) is 35.0 Å². The Hall–Kier alpha value is -1.02. The predicted molar refractivity (Wildman–Crippen MR) is 345 cm³/mol. The zero-order valence-corrected chi connectivity index (χ0v) is 66.7. The van der Waals surface area contributed by atoms with E-state index in [2.05, 4.69) is 241 Å². The molecular weight excluding hydrogens is 1420 g/mol. The summed E-state index contributed by atoms with van der Waals surface area (Å²) in [6, 6.07) is 4.36. The minimum atomic E-state index is -1.48. The zero-order chi connectivity index (χ0) is 61.0. The summed E-state index contributed by atoms with van der Waals surface area (Å²) in [7, 11) is -2.97. The van der Waals surface area contributed by atoms with Gasteiger partial charge in [0.1, 0.15) is 0 Å². The number of nitrogens with zero attached hydrogens (tertiary/aromatic N) is 12. The summed E-state index contributed by atoms with van der Waals surface area (Å²) >= 11 is 0. The van der Waals surface area contributed by atoms with E-state index < -0.39 is 16.1 Å². The summed E-state index contributed by atoms with van der Waals surface area (Å²) in [6.45, 7) is 79.6. The van der Waals surface area contributed by atoms with Crippen LogP contribution in [0.15, 0.2) is 53.9 Å². The quantitative estimate of drug-likeness (QED) is 0.0721. The minimum Gasteiger partial charge on any atom is -0.879 e. The second-order valence-electron chi connectivity index (χ2n) is 23.3. The van der Waals surface area contributed by atoms with Gasteiger partial charge >= 0.3 is 79.9 Å². The van der Waals surface area contributed by atoms with E-state index in [1.54, 1.807) is 0 Å². The van der Waals surface area contributed by atoms with Crippen molar-refractivity contribution >= 4 is 51.2 Å². The first-order chi connectivity index (χ1) is 33.0. The van der Waals surface area contributed by atoms with E-state index in [1.165, 1.54) is 0 Å². The molecule has 0 aromatic carbocycles. The Kier molecular flexibility index (Phi) is 73.2. The molecule has 0 aliphatic carbocycles. The molecule has 0 saturated carbocycles. The number of aliphatic imine (C=N–C) groups is 6. The van der Waals surface area contributed by atoms with Gasteiger partial charge in [-0.15, -0.1) is 13.2 Å². The third-order valence-corrected chi connectivity index (χ3v) is 10.4. The van der Waals surface area contributed by atoms with E-state index in [0.29, 0.717) is 72.5 Å². The van der Waals surface area contributed by atoms with Crippen molar-refractivity contribution in [3.05, 3.63) is 55.8 Å². The molecule has 0 unspecified atom stereocenters. The SMILES string of the molecule is C=C([O-])[Si](C)(C)C.C=C([O-])[Si](C)(C)C.CC(=NC(C)C)[N-]C(C)C.CC(=NC(C)C)[N-]C(C)C.CC(=NC(C)C)[N-]C(C)C.CC(=NC(C)C)[N-]C(C)C.CC(=NC(C)C)[N-]C(C)C.CC(=NC(C)C)[N-]C(C)C.[Th+4].[Th+4].